The van der Waals surface area contributed by atoms with Crippen LogP contribution in [-0.2, 0) is 6.54 Å². The fourth-order valence-corrected chi connectivity index (χ4v) is 2.17. The van der Waals surface area contributed by atoms with Crippen LogP contribution in [0.4, 0.5) is 14.5 Å². The predicted octanol–water partition coefficient (Wildman–Crippen LogP) is 5.00. The largest absolute Gasteiger partial charge is 0.494 e. The van der Waals surface area contributed by atoms with Crippen molar-refractivity contribution in [3.63, 3.8) is 0 Å². The number of hydrogen-bond acceptors (Lipinski definition) is 3. The third-order valence-corrected chi connectivity index (χ3v) is 3.14. The molecular weight excluding hydrogens is 300 g/mol. The van der Waals surface area contributed by atoms with E-state index >= 15 is 0 Å². The number of anilines is 1. The Morgan fingerprint density at radius 2 is 1.91 bits per heavy atom. The molecule has 5 heteroatoms. The van der Waals surface area contributed by atoms with E-state index in [1.54, 1.807) is 18.2 Å². The van der Waals surface area contributed by atoms with Crippen LogP contribution in [0.5, 0.6) is 11.5 Å². The Bertz CT molecular complexity index is 654. The second-order valence-corrected chi connectivity index (χ2v) is 5.34. The number of alkyl halides is 2. The van der Waals surface area contributed by atoms with E-state index in [1.807, 2.05) is 32.0 Å². The Balaban J connectivity index is 2.08. The maximum Gasteiger partial charge on any atom is 0.394 e. The van der Waals surface area contributed by atoms with Gasteiger partial charge in [-0.1, -0.05) is 18.2 Å². The minimum absolute atomic E-state index is 0.122. The molecule has 23 heavy (non-hydrogen) atoms. The van der Waals surface area contributed by atoms with E-state index in [4.69, 9.17) is 4.74 Å². The Morgan fingerprint density at radius 3 is 2.61 bits per heavy atom. The highest BCUT2D eigenvalue weighted by Crippen LogP contribution is 2.25. The van der Waals surface area contributed by atoms with Crippen molar-refractivity contribution in [3.8, 4) is 11.5 Å². The van der Waals surface area contributed by atoms with Gasteiger partial charge in [-0.25, -0.2) is 0 Å². The topological polar surface area (TPSA) is 30.5 Å². The van der Waals surface area contributed by atoms with Crippen molar-refractivity contribution >= 4 is 5.69 Å². The lowest BCUT2D eigenvalue weighted by Crippen LogP contribution is -2.19. The number of benzene rings is 2. The Hall–Kier alpha value is -2.30. The highest BCUT2D eigenvalue weighted by molar-refractivity contribution is 5.49. The molecule has 0 aliphatic heterocycles. The van der Waals surface area contributed by atoms with E-state index in [9.17, 15) is 8.78 Å². The van der Waals surface area contributed by atoms with Crippen LogP contribution in [0.2, 0.25) is 0 Å². The number of halogens is 2. The van der Waals surface area contributed by atoms with Gasteiger partial charge in [0.15, 0.2) is 0 Å². The van der Waals surface area contributed by atoms with Gasteiger partial charge in [-0.05, 0) is 37.6 Å². The first-order valence-corrected chi connectivity index (χ1v) is 7.50. The van der Waals surface area contributed by atoms with Crippen molar-refractivity contribution < 1.29 is 18.3 Å². The normalized spacial score (nSPS) is 11.2. The number of rotatable bonds is 7. The lowest BCUT2D eigenvalue weighted by molar-refractivity contribution is -0.158. The molecule has 0 bridgehead atoms. The van der Waals surface area contributed by atoms with Gasteiger partial charge in [-0.3, -0.25) is 0 Å². The van der Waals surface area contributed by atoms with Crippen LogP contribution in [0.15, 0.2) is 42.5 Å². The van der Waals surface area contributed by atoms with Crippen LogP contribution < -0.4 is 14.8 Å². The maximum absolute atomic E-state index is 12.9. The number of nitrogens with one attached hydrogen (secondary N) is 1. The average molecular weight is 321 g/mol. The fraction of sp³-hybridized carbons (Fsp3) is 0.333. The number of hydrogen-bond donors (Lipinski definition) is 1. The van der Waals surface area contributed by atoms with Gasteiger partial charge in [0.25, 0.3) is 0 Å². The molecule has 2 aromatic rings. The van der Waals surface area contributed by atoms with Gasteiger partial charge in [-0.2, -0.15) is 8.78 Å². The summed E-state index contributed by atoms with van der Waals surface area (Å²) in [6, 6.07) is 12.5. The van der Waals surface area contributed by atoms with E-state index in [-0.39, 0.29) is 5.75 Å². The summed E-state index contributed by atoms with van der Waals surface area (Å²) in [6.45, 7) is 5.78. The van der Waals surface area contributed by atoms with Crippen molar-refractivity contribution in [1.82, 2.24) is 0 Å². The minimum Gasteiger partial charge on any atom is -0.494 e. The van der Waals surface area contributed by atoms with Gasteiger partial charge in [0, 0.05) is 30.8 Å². The molecule has 0 aliphatic carbocycles. The van der Waals surface area contributed by atoms with Crippen molar-refractivity contribution in [3.05, 3.63) is 53.6 Å². The van der Waals surface area contributed by atoms with Gasteiger partial charge in [-0.15, -0.1) is 0 Å². The quantitative estimate of drug-likeness (QED) is 0.778. The number of ether oxygens (including phenoxy) is 2. The molecule has 3 nitrogen and oxygen atoms in total. The van der Waals surface area contributed by atoms with E-state index in [2.05, 4.69) is 10.1 Å². The first kappa shape index (κ1) is 17.1. The van der Waals surface area contributed by atoms with Crippen LogP contribution in [0, 0.1) is 6.92 Å². The third kappa shape index (κ3) is 5.43. The van der Waals surface area contributed by atoms with E-state index in [1.165, 1.54) is 6.07 Å². The SMILES string of the molecule is CCOc1cc(C)ccc1CNc1cccc(OC(C)(F)F)c1. The number of aryl methyl sites for hydroxylation is 1. The van der Waals surface area contributed by atoms with Crippen molar-refractivity contribution in [2.24, 2.45) is 0 Å². The molecule has 2 rings (SSSR count). The first-order valence-electron chi connectivity index (χ1n) is 7.50. The molecule has 0 spiro atoms. The molecule has 0 heterocycles. The zero-order valence-electron chi connectivity index (χ0n) is 13.5. The third-order valence-electron chi connectivity index (χ3n) is 3.14. The molecule has 0 radical (unpaired) electrons. The minimum atomic E-state index is -3.20. The van der Waals surface area contributed by atoms with E-state index in [0.29, 0.717) is 25.8 Å². The molecule has 0 fully saturated rings. The first-order chi connectivity index (χ1) is 10.9. The Kier molecular flexibility index (Phi) is 5.42. The second kappa shape index (κ2) is 7.31. The summed E-state index contributed by atoms with van der Waals surface area (Å²) in [5.41, 5.74) is 2.83. The highest BCUT2D eigenvalue weighted by Gasteiger charge is 2.23. The van der Waals surface area contributed by atoms with Crippen LogP contribution in [0.3, 0.4) is 0 Å². The van der Waals surface area contributed by atoms with Crippen LogP contribution in [-0.4, -0.2) is 12.7 Å². The van der Waals surface area contributed by atoms with Gasteiger partial charge in [0.1, 0.15) is 11.5 Å². The monoisotopic (exact) mass is 321 g/mol. The Labute approximate surface area is 135 Å². The molecule has 0 aliphatic rings. The lowest BCUT2D eigenvalue weighted by atomic mass is 10.1. The van der Waals surface area contributed by atoms with Crippen molar-refractivity contribution in [1.29, 1.82) is 0 Å². The molecule has 0 amide bonds. The van der Waals surface area contributed by atoms with Gasteiger partial charge < -0.3 is 14.8 Å². The highest BCUT2D eigenvalue weighted by atomic mass is 19.3. The zero-order valence-corrected chi connectivity index (χ0v) is 13.5. The Morgan fingerprint density at radius 1 is 1.13 bits per heavy atom. The smallest absolute Gasteiger partial charge is 0.394 e. The van der Waals surface area contributed by atoms with Crippen molar-refractivity contribution in [2.75, 3.05) is 11.9 Å². The summed E-state index contributed by atoms with van der Waals surface area (Å²) in [7, 11) is 0. The summed E-state index contributed by atoms with van der Waals surface area (Å²) in [5, 5.41) is 3.20. The molecule has 0 atom stereocenters. The van der Waals surface area contributed by atoms with Crippen LogP contribution in [0.25, 0.3) is 0 Å². The summed E-state index contributed by atoms with van der Waals surface area (Å²) >= 11 is 0. The molecule has 0 unspecified atom stereocenters. The van der Waals surface area contributed by atoms with E-state index in [0.717, 1.165) is 16.9 Å². The predicted molar refractivity (Wildman–Crippen MR) is 87.4 cm³/mol. The zero-order chi connectivity index (χ0) is 16.9. The van der Waals surface area contributed by atoms with Crippen molar-refractivity contribution in [2.45, 2.75) is 33.4 Å². The standard InChI is InChI=1S/C18H21F2NO2/c1-4-22-17-10-13(2)8-9-14(17)12-21-15-6-5-7-16(11-15)23-18(3,19)20/h5-11,21H,4,12H2,1-3H3. The van der Waals surface area contributed by atoms with Crippen LogP contribution in [0.1, 0.15) is 25.0 Å². The molecular formula is C18H21F2NO2. The second-order valence-electron chi connectivity index (χ2n) is 5.34. The molecule has 0 aromatic heterocycles. The van der Waals surface area contributed by atoms with E-state index < -0.39 is 6.11 Å². The van der Waals surface area contributed by atoms with Gasteiger partial charge >= 0.3 is 6.11 Å². The summed E-state index contributed by atoms with van der Waals surface area (Å²) in [6.07, 6.45) is -3.20. The molecule has 124 valence electrons. The van der Waals surface area contributed by atoms with Gasteiger partial charge in [0.05, 0.1) is 6.61 Å². The molecule has 0 saturated carbocycles. The fourth-order valence-electron chi connectivity index (χ4n) is 2.17. The summed E-state index contributed by atoms with van der Waals surface area (Å²) in [4.78, 5) is 0. The van der Waals surface area contributed by atoms with Crippen LogP contribution >= 0.6 is 0 Å². The average Bonchev–Trinajstić information content (AvgIpc) is 2.45. The summed E-state index contributed by atoms with van der Waals surface area (Å²) < 4.78 is 36.0. The maximum atomic E-state index is 12.9. The summed E-state index contributed by atoms with van der Waals surface area (Å²) in [5.74, 6) is 0.948. The lowest BCUT2D eigenvalue weighted by Gasteiger charge is -2.15. The van der Waals surface area contributed by atoms with Gasteiger partial charge in [0.2, 0.25) is 0 Å². The molecule has 0 saturated heterocycles. The molecule has 2 aromatic carbocycles. The molecule has 1 N–H and O–H groups in total.